The maximum atomic E-state index is 4.82. The van der Waals surface area contributed by atoms with Gasteiger partial charge in [0.05, 0.1) is 12.2 Å². The largest absolute Gasteiger partial charge is 0.355 e. The van der Waals surface area contributed by atoms with Crippen LogP contribution in [0.5, 0.6) is 0 Å². The first kappa shape index (κ1) is 21.6. The summed E-state index contributed by atoms with van der Waals surface area (Å²) in [7, 11) is 3.91. The summed E-state index contributed by atoms with van der Waals surface area (Å²) in [4.78, 5) is 12.8. The Morgan fingerprint density at radius 3 is 2.58 bits per heavy atom. The van der Waals surface area contributed by atoms with Crippen molar-refractivity contribution in [1.82, 2.24) is 20.5 Å². The van der Waals surface area contributed by atoms with Crippen molar-refractivity contribution in [3.8, 4) is 0 Å². The number of aliphatic imine (C=N–C) groups is 1. The van der Waals surface area contributed by atoms with Crippen LogP contribution < -0.4 is 10.6 Å². The predicted molar refractivity (Wildman–Crippen MR) is 115 cm³/mol. The van der Waals surface area contributed by atoms with Crippen molar-refractivity contribution in [3.63, 3.8) is 0 Å². The minimum Gasteiger partial charge on any atom is -0.355 e. The van der Waals surface area contributed by atoms with Crippen molar-refractivity contribution < 1.29 is 0 Å². The fourth-order valence-electron chi connectivity index (χ4n) is 2.75. The molecular weight excluding hydrogens is 433 g/mol. The zero-order valence-electron chi connectivity index (χ0n) is 15.6. The second kappa shape index (κ2) is 9.91. The predicted octanol–water partition coefficient (Wildman–Crippen LogP) is 3.04. The highest BCUT2D eigenvalue weighted by Crippen LogP contribution is 2.27. The van der Waals surface area contributed by atoms with E-state index in [-0.39, 0.29) is 29.5 Å². The van der Waals surface area contributed by atoms with Gasteiger partial charge in [-0.15, -0.1) is 35.3 Å². The molecule has 0 atom stereocenters. The number of nitrogens with zero attached hydrogens (tertiary/aromatic N) is 3. The van der Waals surface area contributed by atoms with Gasteiger partial charge in [-0.2, -0.15) is 0 Å². The molecule has 1 heterocycles. The van der Waals surface area contributed by atoms with Gasteiger partial charge in [0, 0.05) is 37.6 Å². The van der Waals surface area contributed by atoms with E-state index in [0.717, 1.165) is 32.0 Å². The van der Waals surface area contributed by atoms with Crippen LogP contribution in [0.1, 0.15) is 49.2 Å². The van der Waals surface area contributed by atoms with Gasteiger partial charge < -0.3 is 15.5 Å². The van der Waals surface area contributed by atoms with Gasteiger partial charge in [-0.05, 0) is 46.5 Å². The number of aromatic nitrogens is 1. The molecule has 2 N–H and O–H groups in total. The highest BCUT2D eigenvalue weighted by molar-refractivity contribution is 14.0. The molecule has 1 aliphatic carbocycles. The maximum absolute atomic E-state index is 4.82. The Kier molecular flexibility index (Phi) is 8.94. The number of hydrogen-bond acceptors (Lipinski definition) is 4. The summed E-state index contributed by atoms with van der Waals surface area (Å²) in [6.45, 7) is 9.14. The van der Waals surface area contributed by atoms with E-state index < -0.39 is 0 Å². The average Bonchev–Trinajstić information content (AvgIpc) is 2.88. The quantitative estimate of drug-likeness (QED) is 0.304. The summed E-state index contributed by atoms with van der Waals surface area (Å²) in [6.07, 6.45) is 4.97. The van der Waals surface area contributed by atoms with Gasteiger partial charge in [-0.25, -0.2) is 4.98 Å². The average molecular weight is 465 g/mol. The summed E-state index contributed by atoms with van der Waals surface area (Å²) in [5.41, 5.74) is 1.49. The highest BCUT2D eigenvalue weighted by atomic mass is 127. The number of hydrogen-bond donors (Lipinski definition) is 2. The molecule has 1 aromatic heterocycles. The van der Waals surface area contributed by atoms with Crippen LogP contribution in [0.3, 0.4) is 0 Å². The van der Waals surface area contributed by atoms with E-state index in [2.05, 4.69) is 48.3 Å². The van der Waals surface area contributed by atoms with Gasteiger partial charge >= 0.3 is 0 Å². The smallest absolute Gasteiger partial charge is 0.193 e. The molecule has 0 saturated heterocycles. The second-order valence-corrected chi connectivity index (χ2v) is 8.36. The maximum Gasteiger partial charge on any atom is 0.193 e. The van der Waals surface area contributed by atoms with Crippen LogP contribution in [0.4, 0.5) is 0 Å². The molecule has 2 rings (SSSR count). The van der Waals surface area contributed by atoms with Crippen LogP contribution in [0.2, 0.25) is 0 Å². The Balaban J connectivity index is 0.00000288. The molecule has 0 bridgehead atoms. The molecule has 0 radical (unpaired) electrons. The van der Waals surface area contributed by atoms with Gasteiger partial charge in [0.1, 0.15) is 5.01 Å². The molecule has 1 aliphatic rings. The van der Waals surface area contributed by atoms with Gasteiger partial charge in [-0.3, -0.25) is 4.99 Å². The van der Waals surface area contributed by atoms with Crippen LogP contribution in [-0.2, 0) is 19.4 Å². The first-order chi connectivity index (χ1) is 10.9. The highest BCUT2D eigenvalue weighted by Gasteiger charge is 2.17. The standard InChI is InChI=1S/C17H31N5S.HI/c1-17(2,3)20-11-10-19-16(18-4)22(5)12-15-21-13-8-6-7-9-14(13)23-15;/h20H,6-12H2,1-5H3,(H,18,19);1H. The van der Waals surface area contributed by atoms with Gasteiger partial charge in [0.2, 0.25) is 0 Å². The van der Waals surface area contributed by atoms with Crippen molar-refractivity contribution in [3.05, 3.63) is 15.6 Å². The summed E-state index contributed by atoms with van der Waals surface area (Å²) in [6, 6.07) is 0. The molecule has 5 nitrogen and oxygen atoms in total. The monoisotopic (exact) mass is 465 g/mol. The molecule has 0 amide bonds. The molecule has 0 saturated carbocycles. The van der Waals surface area contributed by atoms with Gasteiger partial charge in [0.25, 0.3) is 0 Å². The molecule has 138 valence electrons. The second-order valence-electron chi connectivity index (χ2n) is 7.19. The Bertz CT molecular complexity index is 512. The first-order valence-corrected chi connectivity index (χ1v) is 9.35. The number of halogens is 1. The van der Waals surface area contributed by atoms with E-state index in [4.69, 9.17) is 4.98 Å². The minimum absolute atomic E-state index is 0. The van der Waals surface area contributed by atoms with Crippen LogP contribution in [0, 0.1) is 0 Å². The summed E-state index contributed by atoms with van der Waals surface area (Å²) in [5, 5.41) is 8.09. The Morgan fingerprint density at radius 2 is 1.96 bits per heavy atom. The molecule has 24 heavy (non-hydrogen) atoms. The molecule has 0 aromatic carbocycles. The topological polar surface area (TPSA) is 52.6 Å². The normalized spacial score (nSPS) is 14.8. The molecule has 0 aliphatic heterocycles. The molecular formula is C17H32IN5S. The number of thiazole rings is 1. The lowest BCUT2D eigenvalue weighted by Gasteiger charge is -2.23. The third-order valence-electron chi connectivity index (χ3n) is 3.90. The lowest BCUT2D eigenvalue weighted by molar-refractivity contribution is 0.422. The van der Waals surface area contributed by atoms with E-state index in [9.17, 15) is 0 Å². The number of fused-ring (bicyclic) bond motifs is 1. The number of guanidine groups is 1. The van der Waals surface area contributed by atoms with Crippen molar-refractivity contribution in [2.45, 2.75) is 58.5 Å². The zero-order valence-corrected chi connectivity index (χ0v) is 18.8. The fraction of sp³-hybridized carbons (Fsp3) is 0.765. The lowest BCUT2D eigenvalue weighted by Crippen LogP contribution is -2.44. The first-order valence-electron chi connectivity index (χ1n) is 8.53. The van der Waals surface area contributed by atoms with Gasteiger partial charge in [0.15, 0.2) is 5.96 Å². The van der Waals surface area contributed by atoms with Crippen LogP contribution in [0.15, 0.2) is 4.99 Å². The SMILES string of the molecule is CN=C(NCCNC(C)(C)C)N(C)Cc1nc2c(s1)CCCC2.I. The van der Waals surface area contributed by atoms with E-state index in [0.29, 0.717) is 0 Å². The molecule has 7 heteroatoms. The minimum atomic E-state index is 0. The summed E-state index contributed by atoms with van der Waals surface area (Å²) in [5.74, 6) is 0.925. The number of rotatable bonds is 5. The van der Waals surface area contributed by atoms with Crippen molar-refractivity contribution >= 4 is 41.3 Å². The Labute approximate surface area is 167 Å². The molecule has 1 aromatic rings. The van der Waals surface area contributed by atoms with E-state index in [1.165, 1.54) is 34.8 Å². The summed E-state index contributed by atoms with van der Waals surface area (Å²) >= 11 is 1.88. The van der Waals surface area contributed by atoms with Crippen molar-refractivity contribution in [2.24, 2.45) is 4.99 Å². The number of aryl methyl sites for hydroxylation is 2. The van der Waals surface area contributed by atoms with Gasteiger partial charge in [-0.1, -0.05) is 0 Å². The van der Waals surface area contributed by atoms with E-state index >= 15 is 0 Å². The van der Waals surface area contributed by atoms with E-state index in [1.54, 1.807) is 0 Å². The van der Waals surface area contributed by atoms with E-state index in [1.807, 2.05) is 18.4 Å². The zero-order chi connectivity index (χ0) is 16.9. The third kappa shape index (κ3) is 6.84. The van der Waals surface area contributed by atoms with Crippen LogP contribution in [-0.4, -0.2) is 48.6 Å². The van der Waals surface area contributed by atoms with Crippen molar-refractivity contribution in [2.75, 3.05) is 27.2 Å². The summed E-state index contributed by atoms with van der Waals surface area (Å²) < 4.78 is 0. The Morgan fingerprint density at radius 1 is 1.25 bits per heavy atom. The molecule has 0 unspecified atom stereocenters. The lowest BCUT2D eigenvalue weighted by atomic mass is 10.0. The van der Waals surface area contributed by atoms with Crippen molar-refractivity contribution in [1.29, 1.82) is 0 Å². The fourth-order valence-corrected chi connectivity index (χ4v) is 3.96. The van der Waals surface area contributed by atoms with Crippen LogP contribution in [0.25, 0.3) is 0 Å². The Hall–Kier alpha value is -0.410. The third-order valence-corrected chi connectivity index (χ3v) is 5.04. The number of nitrogens with one attached hydrogen (secondary N) is 2. The molecule has 0 spiro atoms. The molecule has 0 fully saturated rings. The van der Waals surface area contributed by atoms with Crippen LogP contribution >= 0.6 is 35.3 Å².